The molecule has 0 saturated heterocycles. The first-order valence-electron chi connectivity index (χ1n) is 8.97. The summed E-state index contributed by atoms with van der Waals surface area (Å²) < 4.78 is 10.5. The molecule has 1 aromatic heterocycles. The van der Waals surface area contributed by atoms with Gasteiger partial charge in [0.2, 0.25) is 0 Å². The van der Waals surface area contributed by atoms with E-state index in [0.717, 1.165) is 21.1 Å². The van der Waals surface area contributed by atoms with Crippen molar-refractivity contribution in [3.05, 3.63) is 62.9 Å². The first-order chi connectivity index (χ1) is 14.4. The molecule has 0 aliphatic carbocycles. The molecule has 0 atom stereocenters. The molecule has 7 nitrogen and oxygen atoms in total. The van der Waals surface area contributed by atoms with Gasteiger partial charge >= 0.3 is 0 Å². The van der Waals surface area contributed by atoms with E-state index < -0.39 is 5.91 Å². The Balaban J connectivity index is 1.67. The normalized spacial score (nSPS) is 10.5. The largest absolute Gasteiger partial charge is 0.493 e. The van der Waals surface area contributed by atoms with Gasteiger partial charge in [0.25, 0.3) is 11.8 Å². The maximum Gasteiger partial charge on any atom is 0.255 e. The minimum absolute atomic E-state index is 0.277. The van der Waals surface area contributed by atoms with Crippen LogP contribution in [-0.2, 0) is 11.3 Å². The Morgan fingerprint density at radius 2 is 1.90 bits per heavy atom. The Morgan fingerprint density at radius 1 is 1.17 bits per heavy atom. The van der Waals surface area contributed by atoms with Crippen molar-refractivity contribution < 1.29 is 19.1 Å². The molecule has 0 spiro atoms. The third-order valence-electron chi connectivity index (χ3n) is 4.15. The molecule has 3 rings (SSSR count). The zero-order valence-electron chi connectivity index (χ0n) is 16.4. The summed E-state index contributed by atoms with van der Waals surface area (Å²) in [6.07, 6.45) is 0. The average molecular weight is 446 g/mol. The van der Waals surface area contributed by atoms with Crippen LogP contribution in [0.15, 0.2) is 42.5 Å². The second-order valence-corrected chi connectivity index (χ2v) is 8.05. The fourth-order valence-corrected chi connectivity index (χ4v) is 3.76. The first kappa shape index (κ1) is 21.6. The van der Waals surface area contributed by atoms with Crippen LogP contribution in [0.25, 0.3) is 11.3 Å². The summed E-state index contributed by atoms with van der Waals surface area (Å²) in [4.78, 5) is 29.1. The van der Waals surface area contributed by atoms with Gasteiger partial charge in [-0.3, -0.25) is 9.59 Å². The van der Waals surface area contributed by atoms with Gasteiger partial charge in [-0.2, -0.15) is 0 Å². The number of halogens is 1. The zero-order valence-corrected chi connectivity index (χ0v) is 18.0. The number of carbonyl (C=O) groups is 2. The molecule has 9 heteroatoms. The lowest BCUT2D eigenvalue weighted by atomic mass is 10.1. The number of hydrogen-bond acceptors (Lipinski definition) is 6. The Labute approximate surface area is 182 Å². The van der Waals surface area contributed by atoms with Gasteiger partial charge in [-0.1, -0.05) is 23.7 Å². The fourth-order valence-electron chi connectivity index (χ4n) is 2.74. The second kappa shape index (κ2) is 9.60. The van der Waals surface area contributed by atoms with Crippen LogP contribution in [0.1, 0.15) is 20.2 Å². The minimum atomic E-state index is -0.601. The maximum atomic E-state index is 12.5. The molecule has 0 aliphatic heterocycles. The Morgan fingerprint density at radius 3 is 2.57 bits per heavy atom. The molecular formula is C21H20ClN3O4S. The van der Waals surface area contributed by atoms with E-state index in [-0.39, 0.29) is 12.5 Å². The van der Waals surface area contributed by atoms with Crippen molar-refractivity contribution in [2.24, 2.45) is 5.73 Å². The molecule has 2 amide bonds. The SMILES string of the molecule is COc1cc(C(=O)NCc2nc(-c3ccc(Cl)cc3)c(C)s2)ccc1OCC(N)=O. The number of nitrogens with zero attached hydrogens (tertiary/aromatic N) is 1. The van der Waals surface area contributed by atoms with Crippen LogP contribution in [0, 0.1) is 6.92 Å². The predicted molar refractivity (Wildman–Crippen MR) is 116 cm³/mol. The first-order valence-corrected chi connectivity index (χ1v) is 10.2. The van der Waals surface area contributed by atoms with Crippen molar-refractivity contribution in [1.29, 1.82) is 0 Å². The molecule has 0 saturated carbocycles. The standard InChI is InChI=1S/C21H20ClN3O4S/c1-12-20(13-3-6-15(22)7-4-13)25-19(30-12)10-24-21(27)14-5-8-16(17(9-14)28-2)29-11-18(23)26/h3-9H,10-11H2,1-2H3,(H2,23,26)(H,24,27). The van der Waals surface area contributed by atoms with Crippen LogP contribution < -0.4 is 20.5 Å². The molecule has 0 fully saturated rings. The molecule has 30 heavy (non-hydrogen) atoms. The average Bonchev–Trinajstić information content (AvgIpc) is 3.11. The number of aryl methyl sites for hydroxylation is 1. The van der Waals surface area contributed by atoms with E-state index in [2.05, 4.69) is 10.3 Å². The number of primary amides is 1. The summed E-state index contributed by atoms with van der Waals surface area (Å²) in [7, 11) is 1.45. The summed E-state index contributed by atoms with van der Waals surface area (Å²) >= 11 is 7.47. The highest BCUT2D eigenvalue weighted by molar-refractivity contribution is 7.12. The second-order valence-electron chi connectivity index (χ2n) is 6.32. The summed E-state index contributed by atoms with van der Waals surface area (Å²) in [5.41, 5.74) is 7.32. The fraction of sp³-hybridized carbons (Fsp3) is 0.190. The van der Waals surface area contributed by atoms with Crippen molar-refractivity contribution in [2.75, 3.05) is 13.7 Å². The predicted octanol–water partition coefficient (Wildman–Crippen LogP) is 3.57. The van der Waals surface area contributed by atoms with Gasteiger partial charge in [0.15, 0.2) is 18.1 Å². The number of thiazole rings is 1. The van der Waals surface area contributed by atoms with Gasteiger partial charge in [0.1, 0.15) is 5.01 Å². The number of ether oxygens (including phenoxy) is 2. The number of methoxy groups -OCH3 is 1. The van der Waals surface area contributed by atoms with Crippen LogP contribution in [-0.4, -0.2) is 30.5 Å². The molecule has 1 heterocycles. The topological polar surface area (TPSA) is 104 Å². The van der Waals surface area contributed by atoms with Gasteiger partial charge in [-0.05, 0) is 37.3 Å². The van der Waals surface area contributed by atoms with Gasteiger partial charge in [-0.15, -0.1) is 11.3 Å². The number of benzene rings is 2. The maximum absolute atomic E-state index is 12.5. The summed E-state index contributed by atoms with van der Waals surface area (Å²) in [6.45, 7) is 2.00. The van der Waals surface area contributed by atoms with Crippen LogP contribution >= 0.6 is 22.9 Å². The number of rotatable bonds is 8. The van der Waals surface area contributed by atoms with Crippen LogP contribution in [0.4, 0.5) is 0 Å². The lowest BCUT2D eigenvalue weighted by molar-refractivity contribution is -0.119. The van der Waals surface area contributed by atoms with Gasteiger partial charge in [0, 0.05) is 21.0 Å². The molecule has 0 aliphatic rings. The monoisotopic (exact) mass is 445 g/mol. The van der Waals surface area contributed by atoms with Crippen molar-refractivity contribution in [2.45, 2.75) is 13.5 Å². The Bertz CT molecular complexity index is 1070. The van der Waals surface area contributed by atoms with Crippen LogP contribution in [0.5, 0.6) is 11.5 Å². The molecule has 2 aromatic carbocycles. The number of amides is 2. The van der Waals surface area contributed by atoms with E-state index in [1.165, 1.54) is 24.5 Å². The van der Waals surface area contributed by atoms with Gasteiger partial charge < -0.3 is 20.5 Å². The Kier molecular flexibility index (Phi) is 6.91. The molecule has 156 valence electrons. The lowest BCUT2D eigenvalue weighted by Crippen LogP contribution is -2.23. The van der Waals surface area contributed by atoms with Gasteiger partial charge in [-0.25, -0.2) is 4.98 Å². The smallest absolute Gasteiger partial charge is 0.255 e. The molecule has 3 N–H and O–H groups in total. The molecule has 0 unspecified atom stereocenters. The van der Waals surface area contributed by atoms with Crippen molar-refractivity contribution in [3.8, 4) is 22.8 Å². The zero-order chi connectivity index (χ0) is 21.7. The highest BCUT2D eigenvalue weighted by Crippen LogP contribution is 2.29. The van der Waals surface area contributed by atoms with Crippen molar-refractivity contribution in [1.82, 2.24) is 10.3 Å². The number of aromatic nitrogens is 1. The van der Waals surface area contributed by atoms with Crippen molar-refractivity contribution in [3.63, 3.8) is 0 Å². The summed E-state index contributed by atoms with van der Waals surface area (Å²) in [5.74, 6) is -0.221. The Hall–Kier alpha value is -3.10. The van der Waals surface area contributed by atoms with E-state index in [1.54, 1.807) is 12.1 Å². The number of nitrogens with one attached hydrogen (secondary N) is 1. The third kappa shape index (κ3) is 5.28. The number of hydrogen-bond donors (Lipinski definition) is 2. The molecular weight excluding hydrogens is 426 g/mol. The van der Waals surface area contributed by atoms with Gasteiger partial charge in [0.05, 0.1) is 19.3 Å². The number of carbonyl (C=O) groups excluding carboxylic acids is 2. The quantitative estimate of drug-likeness (QED) is 0.551. The molecule has 0 bridgehead atoms. The van der Waals surface area contributed by atoms with Crippen molar-refractivity contribution >= 4 is 34.8 Å². The van der Waals surface area contributed by atoms with E-state index in [9.17, 15) is 9.59 Å². The molecule has 0 radical (unpaired) electrons. The van der Waals surface area contributed by atoms with Crippen LogP contribution in [0.2, 0.25) is 5.02 Å². The highest BCUT2D eigenvalue weighted by Gasteiger charge is 2.14. The van der Waals surface area contributed by atoms with Crippen LogP contribution in [0.3, 0.4) is 0 Å². The van der Waals surface area contributed by atoms with E-state index >= 15 is 0 Å². The van der Waals surface area contributed by atoms with E-state index in [0.29, 0.717) is 28.6 Å². The number of nitrogens with two attached hydrogens (primary N) is 1. The molecule has 3 aromatic rings. The highest BCUT2D eigenvalue weighted by atomic mass is 35.5. The van der Waals surface area contributed by atoms with E-state index in [1.807, 2.05) is 31.2 Å². The lowest BCUT2D eigenvalue weighted by Gasteiger charge is -2.11. The third-order valence-corrected chi connectivity index (χ3v) is 5.38. The van der Waals surface area contributed by atoms with E-state index in [4.69, 9.17) is 26.8 Å². The minimum Gasteiger partial charge on any atom is -0.493 e. The summed E-state index contributed by atoms with van der Waals surface area (Å²) in [6, 6.07) is 12.2. The summed E-state index contributed by atoms with van der Waals surface area (Å²) in [5, 5.41) is 4.31.